The Labute approximate surface area is 94.9 Å². The Bertz CT molecular complexity index is 426. The van der Waals surface area contributed by atoms with E-state index in [1.54, 1.807) is 0 Å². The molecule has 0 bridgehead atoms. The number of hydrogen-bond acceptors (Lipinski definition) is 2. The summed E-state index contributed by atoms with van der Waals surface area (Å²) >= 11 is 0. The van der Waals surface area contributed by atoms with Crippen molar-refractivity contribution >= 4 is 11.7 Å². The summed E-state index contributed by atoms with van der Waals surface area (Å²) in [5.41, 5.74) is 2.50. The van der Waals surface area contributed by atoms with Crippen LogP contribution in [0.15, 0.2) is 24.3 Å². The first-order valence-electron chi connectivity index (χ1n) is 5.53. The second-order valence-corrected chi connectivity index (χ2v) is 4.24. The van der Waals surface area contributed by atoms with E-state index in [9.17, 15) is 9.59 Å². The lowest BCUT2D eigenvalue weighted by Crippen LogP contribution is -2.28. The van der Waals surface area contributed by atoms with E-state index < -0.39 is 0 Å². The highest BCUT2D eigenvalue weighted by atomic mass is 16.2. The molecule has 1 amide bonds. The minimum atomic E-state index is -0.172. The number of hydrogen-bond donors (Lipinski definition) is 1. The number of ketones is 1. The molecule has 0 fully saturated rings. The average Bonchev–Trinajstić information content (AvgIpc) is 2.61. The topological polar surface area (TPSA) is 46.2 Å². The fourth-order valence-electron chi connectivity index (χ4n) is 2.18. The van der Waals surface area contributed by atoms with Crippen molar-refractivity contribution in [3.05, 3.63) is 35.4 Å². The van der Waals surface area contributed by atoms with Crippen LogP contribution < -0.4 is 5.32 Å². The molecule has 0 heterocycles. The summed E-state index contributed by atoms with van der Waals surface area (Å²) in [6, 6.07) is 8.21. The van der Waals surface area contributed by atoms with E-state index in [4.69, 9.17) is 0 Å². The van der Waals surface area contributed by atoms with E-state index in [1.807, 2.05) is 18.2 Å². The van der Waals surface area contributed by atoms with Crippen molar-refractivity contribution in [2.24, 2.45) is 0 Å². The summed E-state index contributed by atoms with van der Waals surface area (Å²) in [6.07, 6.45) is 1.92. The van der Waals surface area contributed by atoms with E-state index in [0.717, 1.165) is 12.8 Å². The maximum Gasteiger partial charge on any atom is 0.227 e. The molecule has 84 valence electrons. The van der Waals surface area contributed by atoms with Gasteiger partial charge >= 0.3 is 0 Å². The molecule has 0 saturated heterocycles. The lowest BCUT2D eigenvalue weighted by Gasteiger charge is -2.13. The van der Waals surface area contributed by atoms with Gasteiger partial charge in [0.15, 0.2) is 0 Å². The van der Waals surface area contributed by atoms with Gasteiger partial charge in [-0.2, -0.15) is 0 Å². The number of carbonyl (C=O) groups excluding carboxylic acids is 2. The first-order valence-corrected chi connectivity index (χ1v) is 5.53. The molecule has 1 aliphatic carbocycles. The predicted octanol–water partition coefficient (Wildman–Crippen LogP) is 1.77. The molecule has 3 nitrogen and oxygen atoms in total. The number of Topliss-reactive ketones (excluding diaryl/α,β-unsaturated/α-hetero) is 1. The van der Waals surface area contributed by atoms with Crippen molar-refractivity contribution in [2.75, 3.05) is 0 Å². The highest BCUT2D eigenvalue weighted by Crippen LogP contribution is 2.30. The summed E-state index contributed by atoms with van der Waals surface area (Å²) in [5, 5.41) is 2.91. The molecule has 1 aliphatic rings. The molecule has 0 aliphatic heterocycles. The fourth-order valence-corrected chi connectivity index (χ4v) is 2.18. The highest BCUT2D eigenvalue weighted by molar-refractivity contribution is 5.96. The SMILES string of the molecule is CC(=O)CC(=O)N[C@@H]1CCc2ccccc21. The summed E-state index contributed by atoms with van der Waals surface area (Å²) in [4.78, 5) is 22.3. The lowest BCUT2D eigenvalue weighted by atomic mass is 10.1. The van der Waals surface area contributed by atoms with Crippen LogP contribution in [0.5, 0.6) is 0 Å². The van der Waals surface area contributed by atoms with Gasteiger partial charge in [-0.15, -0.1) is 0 Å². The van der Waals surface area contributed by atoms with E-state index >= 15 is 0 Å². The average molecular weight is 217 g/mol. The molecule has 0 aromatic heterocycles. The fraction of sp³-hybridized carbons (Fsp3) is 0.385. The van der Waals surface area contributed by atoms with Gasteiger partial charge in [-0.25, -0.2) is 0 Å². The quantitative estimate of drug-likeness (QED) is 0.784. The standard InChI is InChI=1S/C13H15NO2/c1-9(15)8-13(16)14-12-7-6-10-4-2-3-5-11(10)12/h2-5,12H,6-8H2,1H3,(H,14,16)/t12-/m1/s1. The van der Waals surface area contributed by atoms with Gasteiger partial charge in [0.05, 0.1) is 12.5 Å². The molecule has 0 radical (unpaired) electrons. The van der Waals surface area contributed by atoms with Gasteiger partial charge in [0.2, 0.25) is 5.91 Å². The smallest absolute Gasteiger partial charge is 0.227 e. The van der Waals surface area contributed by atoms with Gasteiger partial charge in [0, 0.05) is 0 Å². The Kier molecular flexibility index (Phi) is 3.04. The van der Waals surface area contributed by atoms with Gasteiger partial charge in [-0.05, 0) is 30.9 Å². The predicted molar refractivity (Wildman–Crippen MR) is 60.9 cm³/mol. The molecule has 3 heteroatoms. The summed E-state index contributed by atoms with van der Waals surface area (Å²) in [7, 11) is 0. The monoisotopic (exact) mass is 217 g/mol. The van der Waals surface area contributed by atoms with Crippen molar-refractivity contribution in [1.82, 2.24) is 5.32 Å². The summed E-state index contributed by atoms with van der Waals surface area (Å²) in [5.74, 6) is -0.266. The van der Waals surface area contributed by atoms with E-state index in [-0.39, 0.29) is 24.2 Å². The van der Waals surface area contributed by atoms with Crippen LogP contribution in [-0.2, 0) is 16.0 Å². The Morgan fingerprint density at radius 3 is 2.88 bits per heavy atom. The first-order chi connectivity index (χ1) is 7.66. The van der Waals surface area contributed by atoms with Crippen molar-refractivity contribution in [1.29, 1.82) is 0 Å². The number of carbonyl (C=O) groups is 2. The third kappa shape index (κ3) is 2.30. The van der Waals surface area contributed by atoms with Crippen LogP contribution in [0.2, 0.25) is 0 Å². The third-order valence-corrected chi connectivity index (χ3v) is 2.88. The van der Waals surface area contributed by atoms with E-state index in [0.29, 0.717) is 0 Å². The normalized spacial score (nSPS) is 17.9. The highest BCUT2D eigenvalue weighted by Gasteiger charge is 2.23. The minimum absolute atomic E-state index is 0.0152. The van der Waals surface area contributed by atoms with Crippen molar-refractivity contribution < 1.29 is 9.59 Å². The maximum absolute atomic E-state index is 11.5. The zero-order valence-electron chi connectivity index (χ0n) is 9.32. The number of benzene rings is 1. The number of aryl methyl sites for hydroxylation is 1. The van der Waals surface area contributed by atoms with Crippen LogP contribution in [0.1, 0.15) is 36.9 Å². The van der Waals surface area contributed by atoms with Crippen molar-refractivity contribution in [2.45, 2.75) is 32.2 Å². The molecular formula is C13H15NO2. The zero-order chi connectivity index (χ0) is 11.5. The second-order valence-electron chi connectivity index (χ2n) is 4.24. The van der Waals surface area contributed by atoms with Gasteiger partial charge in [0.1, 0.15) is 5.78 Å². The van der Waals surface area contributed by atoms with Crippen LogP contribution in [0.4, 0.5) is 0 Å². The molecule has 0 saturated carbocycles. The zero-order valence-corrected chi connectivity index (χ0v) is 9.32. The van der Waals surface area contributed by atoms with E-state index in [2.05, 4.69) is 11.4 Å². The summed E-state index contributed by atoms with van der Waals surface area (Å²) < 4.78 is 0. The molecule has 0 spiro atoms. The molecule has 1 aromatic carbocycles. The Morgan fingerprint density at radius 2 is 2.12 bits per heavy atom. The van der Waals surface area contributed by atoms with Crippen LogP contribution in [0.25, 0.3) is 0 Å². The van der Waals surface area contributed by atoms with Crippen LogP contribution in [0, 0.1) is 0 Å². The lowest BCUT2D eigenvalue weighted by molar-refractivity contribution is -0.127. The Balaban J connectivity index is 2.03. The molecule has 1 aromatic rings. The van der Waals surface area contributed by atoms with E-state index in [1.165, 1.54) is 18.1 Å². The van der Waals surface area contributed by atoms with Gasteiger partial charge in [-0.1, -0.05) is 24.3 Å². The van der Waals surface area contributed by atoms with Gasteiger partial charge in [0.25, 0.3) is 0 Å². The Morgan fingerprint density at radius 1 is 1.38 bits per heavy atom. The number of rotatable bonds is 3. The summed E-state index contributed by atoms with van der Waals surface area (Å²) in [6.45, 7) is 1.43. The molecular weight excluding hydrogens is 202 g/mol. The third-order valence-electron chi connectivity index (χ3n) is 2.88. The number of nitrogens with one attached hydrogen (secondary N) is 1. The van der Waals surface area contributed by atoms with Crippen molar-refractivity contribution in [3.8, 4) is 0 Å². The molecule has 2 rings (SSSR count). The Hall–Kier alpha value is -1.64. The maximum atomic E-state index is 11.5. The molecule has 0 unspecified atom stereocenters. The molecule has 16 heavy (non-hydrogen) atoms. The first kappa shape index (κ1) is 10.9. The number of fused-ring (bicyclic) bond motifs is 1. The van der Waals surface area contributed by atoms with Gasteiger partial charge in [-0.3, -0.25) is 9.59 Å². The minimum Gasteiger partial charge on any atom is -0.349 e. The molecule has 1 atom stereocenters. The van der Waals surface area contributed by atoms with Crippen LogP contribution >= 0.6 is 0 Å². The van der Waals surface area contributed by atoms with Crippen LogP contribution in [0.3, 0.4) is 0 Å². The second kappa shape index (κ2) is 4.47. The molecule has 1 N–H and O–H groups in total. The number of amides is 1. The largest absolute Gasteiger partial charge is 0.349 e. The van der Waals surface area contributed by atoms with Crippen LogP contribution in [-0.4, -0.2) is 11.7 Å². The van der Waals surface area contributed by atoms with Crippen molar-refractivity contribution in [3.63, 3.8) is 0 Å². The van der Waals surface area contributed by atoms with Gasteiger partial charge < -0.3 is 5.32 Å².